The Bertz CT molecular complexity index is 229. The second kappa shape index (κ2) is 5.69. The van der Waals surface area contributed by atoms with Crippen molar-refractivity contribution < 1.29 is 29.3 Å². The molecule has 76 valence electrons. The highest BCUT2D eigenvalue weighted by Crippen LogP contribution is 2.10. The van der Waals surface area contributed by atoms with Gasteiger partial charge in [-0.25, -0.2) is 5.09 Å². The molecule has 1 unspecified atom stereocenters. The van der Waals surface area contributed by atoms with E-state index in [1.807, 2.05) is 5.09 Å². The number of hydrogen-bond acceptors (Lipinski definition) is 3. The molecule has 0 rings (SSSR count). The molecule has 7 nitrogen and oxygen atoms in total. The van der Waals surface area contributed by atoms with Crippen LogP contribution in [0.15, 0.2) is 0 Å². The van der Waals surface area contributed by atoms with E-state index in [0.717, 1.165) is 0 Å². The molecule has 0 aromatic heterocycles. The molecule has 0 heterocycles. The van der Waals surface area contributed by atoms with Crippen LogP contribution >= 0.6 is 8.18 Å². The second-order valence-electron chi connectivity index (χ2n) is 2.27. The molecule has 2 atom stereocenters. The van der Waals surface area contributed by atoms with Crippen LogP contribution in [0, 0.1) is 0 Å². The largest absolute Gasteiger partial charge is 0.481 e. The first-order valence-corrected chi connectivity index (χ1v) is 4.73. The summed E-state index contributed by atoms with van der Waals surface area (Å²) in [5.74, 6) is -2.49. The van der Waals surface area contributed by atoms with E-state index in [1.54, 1.807) is 0 Å². The highest BCUT2D eigenvalue weighted by atomic mass is 31.1. The zero-order chi connectivity index (χ0) is 10.4. The van der Waals surface area contributed by atoms with Crippen LogP contribution in [0.1, 0.15) is 12.8 Å². The number of nitrogens with one attached hydrogen (secondary N) is 1. The predicted octanol–water partition coefficient (Wildman–Crippen LogP) is -0.724. The van der Waals surface area contributed by atoms with E-state index in [4.69, 9.17) is 15.1 Å². The summed E-state index contributed by atoms with van der Waals surface area (Å²) < 4.78 is 10.2. The Morgan fingerprint density at radius 3 is 2.23 bits per heavy atom. The minimum absolute atomic E-state index is 0.221. The molecular weight excluding hydrogens is 201 g/mol. The molecule has 0 aliphatic rings. The lowest BCUT2D eigenvalue weighted by Gasteiger charge is -2.09. The van der Waals surface area contributed by atoms with E-state index in [9.17, 15) is 14.2 Å². The van der Waals surface area contributed by atoms with Crippen LogP contribution < -0.4 is 5.09 Å². The molecule has 0 saturated heterocycles. The second-order valence-corrected chi connectivity index (χ2v) is 3.17. The molecule has 8 heteroatoms. The highest BCUT2D eigenvalue weighted by molar-refractivity contribution is 7.35. The van der Waals surface area contributed by atoms with Crippen molar-refractivity contribution in [3.8, 4) is 0 Å². The average Bonchev–Trinajstić information content (AvgIpc) is 1.96. The first kappa shape index (κ1) is 12.1. The third-order valence-electron chi connectivity index (χ3n) is 1.24. The molecule has 13 heavy (non-hydrogen) atoms. The van der Waals surface area contributed by atoms with Gasteiger partial charge in [-0.1, -0.05) is 0 Å². The number of carboxylic acids is 2. The molecular formula is C5H10NO6P. The van der Waals surface area contributed by atoms with Crippen molar-refractivity contribution >= 4 is 20.1 Å². The van der Waals surface area contributed by atoms with Gasteiger partial charge in [0.15, 0.2) is 0 Å². The Morgan fingerprint density at radius 2 is 1.92 bits per heavy atom. The highest BCUT2D eigenvalue weighted by Gasteiger charge is 2.19. The van der Waals surface area contributed by atoms with Crippen LogP contribution in [0.2, 0.25) is 0 Å². The lowest BCUT2D eigenvalue weighted by molar-refractivity contribution is -0.140. The Morgan fingerprint density at radius 1 is 1.38 bits per heavy atom. The third-order valence-corrected chi connectivity index (χ3v) is 1.84. The quantitative estimate of drug-likeness (QED) is 0.427. The summed E-state index contributed by atoms with van der Waals surface area (Å²) in [7, 11) is -3.10. The lowest BCUT2D eigenvalue weighted by atomic mass is 10.2. The minimum Gasteiger partial charge on any atom is -0.481 e. The predicted molar refractivity (Wildman–Crippen MR) is 42.6 cm³/mol. The van der Waals surface area contributed by atoms with Crippen molar-refractivity contribution in [2.75, 3.05) is 0 Å². The fourth-order valence-corrected chi connectivity index (χ4v) is 1.24. The van der Waals surface area contributed by atoms with Gasteiger partial charge in [0.05, 0.1) is 0 Å². The van der Waals surface area contributed by atoms with E-state index >= 15 is 0 Å². The summed E-state index contributed by atoms with van der Waals surface area (Å²) in [6.45, 7) is 0. The van der Waals surface area contributed by atoms with Gasteiger partial charge in [-0.3, -0.25) is 14.2 Å². The maximum absolute atomic E-state index is 10.4. The summed E-state index contributed by atoms with van der Waals surface area (Å²) in [5, 5.41) is 18.5. The molecule has 4 N–H and O–H groups in total. The van der Waals surface area contributed by atoms with Gasteiger partial charge in [0.2, 0.25) is 0 Å². The van der Waals surface area contributed by atoms with Gasteiger partial charge in [-0.05, 0) is 6.42 Å². The average molecular weight is 211 g/mol. The van der Waals surface area contributed by atoms with Gasteiger partial charge in [0, 0.05) is 6.42 Å². The lowest BCUT2D eigenvalue weighted by Crippen LogP contribution is -2.32. The van der Waals surface area contributed by atoms with E-state index in [1.165, 1.54) is 0 Å². The first-order chi connectivity index (χ1) is 5.93. The van der Waals surface area contributed by atoms with Gasteiger partial charge >= 0.3 is 11.9 Å². The Balaban J connectivity index is 4.02. The van der Waals surface area contributed by atoms with Gasteiger partial charge in [-0.2, -0.15) is 0 Å². The van der Waals surface area contributed by atoms with Gasteiger partial charge in [0.1, 0.15) is 6.04 Å². The number of carboxylic acid groups (broad SMARTS) is 2. The summed E-state index contributed by atoms with van der Waals surface area (Å²) in [5.41, 5.74) is 0. The molecule has 0 aromatic rings. The number of hydrogen-bond donors (Lipinski definition) is 4. The Hall–Kier alpha value is -0.910. The summed E-state index contributed by atoms with van der Waals surface area (Å²) in [6, 6.07) is -1.28. The zero-order valence-electron chi connectivity index (χ0n) is 6.56. The monoisotopic (exact) mass is 211 g/mol. The van der Waals surface area contributed by atoms with E-state index in [0.29, 0.717) is 0 Å². The topological polar surface area (TPSA) is 124 Å². The van der Waals surface area contributed by atoms with Crippen molar-refractivity contribution in [2.45, 2.75) is 18.9 Å². The third kappa shape index (κ3) is 6.27. The Kier molecular flexibility index (Phi) is 5.29. The standard InChI is InChI=1S/C5H10NO6P/c7-4(8)2-1-3(5(9)10)6-13(11)12/h3,13H,1-2H2,(H,7,8)(H,9,10)(H2,6,11,12)/t3-/m0/s1. The molecule has 0 aliphatic carbocycles. The number of carbonyl (C=O) groups is 2. The summed E-state index contributed by atoms with van der Waals surface area (Å²) in [6.07, 6.45) is -0.583. The fraction of sp³-hybridized carbons (Fsp3) is 0.600. The minimum atomic E-state index is -3.10. The van der Waals surface area contributed by atoms with Crippen LogP contribution in [0.5, 0.6) is 0 Å². The molecule has 0 saturated carbocycles. The zero-order valence-corrected chi connectivity index (χ0v) is 7.56. The van der Waals surface area contributed by atoms with Crippen molar-refractivity contribution in [1.82, 2.24) is 5.09 Å². The first-order valence-electron chi connectivity index (χ1n) is 3.37. The van der Waals surface area contributed by atoms with Crippen LogP contribution in [0.4, 0.5) is 0 Å². The van der Waals surface area contributed by atoms with E-state index in [-0.39, 0.29) is 12.8 Å². The van der Waals surface area contributed by atoms with E-state index < -0.39 is 26.2 Å². The molecule has 0 amide bonds. The van der Waals surface area contributed by atoms with Crippen LogP contribution in [0.3, 0.4) is 0 Å². The van der Waals surface area contributed by atoms with Crippen molar-refractivity contribution in [1.29, 1.82) is 0 Å². The van der Waals surface area contributed by atoms with Gasteiger partial charge in [0.25, 0.3) is 8.18 Å². The number of rotatable bonds is 6. The maximum atomic E-state index is 10.4. The fourth-order valence-electron chi connectivity index (χ4n) is 0.674. The van der Waals surface area contributed by atoms with Crippen LogP contribution in [0.25, 0.3) is 0 Å². The van der Waals surface area contributed by atoms with Gasteiger partial charge < -0.3 is 15.1 Å². The molecule has 0 radical (unpaired) electrons. The summed E-state index contributed by atoms with van der Waals surface area (Å²) in [4.78, 5) is 28.8. The maximum Gasteiger partial charge on any atom is 0.321 e. The SMILES string of the molecule is O=C(O)CC[C@H](N[PH](=O)O)C(=O)O. The normalized spacial score (nSPS) is 14.8. The Labute approximate surface area is 74.3 Å². The van der Waals surface area contributed by atoms with E-state index in [2.05, 4.69) is 0 Å². The van der Waals surface area contributed by atoms with Crippen molar-refractivity contribution in [3.05, 3.63) is 0 Å². The molecule has 0 fully saturated rings. The van der Waals surface area contributed by atoms with Crippen LogP contribution in [-0.2, 0) is 14.2 Å². The molecule has 0 aromatic carbocycles. The van der Waals surface area contributed by atoms with Gasteiger partial charge in [-0.15, -0.1) is 0 Å². The van der Waals surface area contributed by atoms with Crippen molar-refractivity contribution in [2.24, 2.45) is 0 Å². The smallest absolute Gasteiger partial charge is 0.321 e. The summed E-state index contributed by atoms with van der Waals surface area (Å²) >= 11 is 0. The number of aliphatic carboxylic acids is 2. The molecule has 0 spiro atoms. The van der Waals surface area contributed by atoms with Crippen molar-refractivity contribution in [3.63, 3.8) is 0 Å². The van der Waals surface area contributed by atoms with Crippen LogP contribution in [-0.4, -0.2) is 33.1 Å². The molecule has 0 aliphatic heterocycles. The molecule has 0 bridgehead atoms.